The van der Waals surface area contributed by atoms with Crippen molar-refractivity contribution in [2.24, 2.45) is 0 Å². The molecule has 0 N–H and O–H groups in total. The van der Waals surface area contributed by atoms with Crippen LogP contribution in [0.3, 0.4) is 0 Å². The second-order valence-electron chi connectivity index (χ2n) is 11.2. The van der Waals surface area contributed by atoms with E-state index in [9.17, 15) is 4.79 Å². The predicted octanol–water partition coefficient (Wildman–Crippen LogP) is 9.98. The van der Waals surface area contributed by atoms with Crippen LogP contribution >= 0.6 is 0 Å². The standard InChI is InChI=1S/C34H68O5/c1-3-5-7-9-11-13-14-15-16-17-19-21-23-25-27-36-28-29-37-30-31-38-32-33-39-34(35)26-24-22-20-18-12-10-8-6-4-2/h3-33H2,1-2H3. The topological polar surface area (TPSA) is 54.0 Å². The highest BCUT2D eigenvalue weighted by Crippen LogP contribution is 2.13. The lowest BCUT2D eigenvalue weighted by molar-refractivity contribution is -0.145. The Kier molecular flexibility index (Phi) is 34.8. The lowest BCUT2D eigenvalue weighted by Gasteiger charge is -2.08. The molecule has 0 aliphatic heterocycles. The summed E-state index contributed by atoms with van der Waals surface area (Å²) < 4.78 is 21.9. The van der Waals surface area contributed by atoms with Gasteiger partial charge in [0.1, 0.15) is 6.61 Å². The number of carbonyl (C=O) groups excluding carboxylic acids is 1. The second kappa shape index (κ2) is 35.4. The van der Waals surface area contributed by atoms with Crippen molar-refractivity contribution in [2.75, 3.05) is 46.2 Å². The monoisotopic (exact) mass is 557 g/mol. The van der Waals surface area contributed by atoms with E-state index in [1.165, 1.54) is 128 Å². The molecule has 0 rings (SSSR count). The van der Waals surface area contributed by atoms with Crippen LogP contribution in [0.25, 0.3) is 0 Å². The third-order valence-electron chi connectivity index (χ3n) is 7.36. The van der Waals surface area contributed by atoms with Crippen molar-refractivity contribution < 1.29 is 23.7 Å². The van der Waals surface area contributed by atoms with E-state index in [-0.39, 0.29) is 5.97 Å². The molecule has 0 atom stereocenters. The van der Waals surface area contributed by atoms with Crippen LogP contribution in [-0.2, 0) is 23.7 Å². The third kappa shape index (κ3) is 35.3. The van der Waals surface area contributed by atoms with Crippen LogP contribution in [0.1, 0.15) is 168 Å². The fourth-order valence-corrected chi connectivity index (χ4v) is 4.81. The van der Waals surface area contributed by atoms with Crippen LogP contribution in [-0.4, -0.2) is 52.2 Å². The molecule has 0 aliphatic carbocycles. The molecular formula is C34H68O5. The van der Waals surface area contributed by atoms with E-state index in [4.69, 9.17) is 18.9 Å². The quantitative estimate of drug-likeness (QED) is 0.0583. The van der Waals surface area contributed by atoms with Crippen molar-refractivity contribution in [3.05, 3.63) is 0 Å². The minimum atomic E-state index is -0.103. The van der Waals surface area contributed by atoms with Crippen LogP contribution in [0.2, 0.25) is 0 Å². The van der Waals surface area contributed by atoms with Gasteiger partial charge in [0.15, 0.2) is 0 Å². The summed E-state index contributed by atoms with van der Waals surface area (Å²) in [4.78, 5) is 11.8. The maximum Gasteiger partial charge on any atom is 0.305 e. The fraction of sp³-hybridized carbons (Fsp3) is 0.971. The number of rotatable bonds is 34. The van der Waals surface area contributed by atoms with Crippen molar-refractivity contribution in [1.29, 1.82) is 0 Å². The maximum absolute atomic E-state index is 11.8. The number of ether oxygens (including phenoxy) is 4. The molecular weight excluding hydrogens is 488 g/mol. The largest absolute Gasteiger partial charge is 0.463 e. The van der Waals surface area contributed by atoms with E-state index in [0.29, 0.717) is 46.1 Å². The Morgan fingerprint density at radius 2 is 0.667 bits per heavy atom. The van der Waals surface area contributed by atoms with Gasteiger partial charge >= 0.3 is 5.97 Å². The molecule has 0 saturated heterocycles. The SMILES string of the molecule is CCCCCCCCCCCCCCCCOCCOCCOCCOC(=O)CCCCCCCCCCC. The summed E-state index contributed by atoms with van der Waals surface area (Å²) in [6.07, 6.45) is 31.1. The van der Waals surface area contributed by atoms with Crippen molar-refractivity contribution in [1.82, 2.24) is 0 Å². The Morgan fingerprint density at radius 3 is 1.08 bits per heavy atom. The highest BCUT2D eigenvalue weighted by Gasteiger charge is 2.03. The summed E-state index contributed by atoms with van der Waals surface area (Å²) in [7, 11) is 0. The van der Waals surface area contributed by atoms with Gasteiger partial charge < -0.3 is 18.9 Å². The second-order valence-corrected chi connectivity index (χ2v) is 11.2. The molecule has 0 aliphatic rings. The summed E-state index contributed by atoms with van der Waals surface area (Å²) >= 11 is 0. The number of carbonyl (C=O) groups is 1. The number of hydrogen-bond acceptors (Lipinski definition) is 5. The van der Waals surface area contributed by atoms with Crippen LogP contribution < -0.4 is 0 Å². The molecule has 0 spiro atoms. The predicted molar refractivity (Wildman–Crippen MR) is 166 cm³/mol. The van der Waals surface area contributed by atoms with E-state index in [1.807, 2.05) is 0 Å². The first-order valence-corrected chi connectivity index (χ1v) is 17.2. The molecule has 0 saturated carbocycles. The molecule has 0 radical (unpaired) electrons. The summed E-state index contributed by atoms with van der Waals surface area (Å²) in [5.41, 5.74) is 0. The lowest BCUT2D eigenvalue weighted by Crippen LogP contribution is -2.14. The molecule has 0 unspecified atom stereocenters. The first kappa shape index (κ1) is 38.4. The van der Waals surface area contributed by atoms with Crippen LogP contribution in [0, 0.1) is 0 Å². The van der Waals surface area contributed by atoms with Crippen molar-refractivity contribution in [2.45, 2.75) is 168 Å². The van der Waals surface area contributed by atoms with Crippen molar-refractivity contribution in [3.63, 3.8) is 0 Å². The molecule has 234 valence electrons. The molecule has 0 bridgehead atoms. The van der Waals surface area contributed by atoms with Gasteiger partial charge in [-0.2, -0.15) is 0 Å². The minimum absolute atomic E-state index is 0.103. The average Bonchev–Trinajstić information content (AvgIpc) is 2.94. The molecule has 0 fully saturated rings. The molecule has 0 aromatic heterocycles. The number of unbranched alkanes of at least 4 members (excludes halogenated alkanes) is 21. The summed E-state index contributed by atoms with van der Waals surface area (Å²) in [5.74, 6) is -0.103. The Balaban J connectivity index is 3.11. The molecule has 0 heterocycles. The van der Waals surface area contributed by atoms with E-state index in [0.717, 1.165) is 25.9 Å². The number of esters is 1. The van der Waals surface area contributed by atoms with Gasteiger partial charge in [-0.1, -0.05) is 149 Å². The van der Waals surface area contributed by atoms with Gasteiger partial charge in [0, 0.05) is 13.0 Å². The highest BCUT2D eigenvalue weighted by molar-refractivity contribution is 5.69. The zero-order chi connectivity index (χ0) is 28.3. The smallest absolute Gasteiger partial charge is 0.305 e. The highest BCUT2D eigenvalue weighted by atomic mass is 16.6. The first-order chi connectivity index (χ1) is 19.3. The van der Waals surface area contributed by atoms with Gasteiger partial charge in [0.25, 0.3) is 0 Å². The van der Waals surface area contributed by atoms with Crippen molar-refractivity contribution in [3.8, 4) is 0 Å². The Labute approximate surface area is 243 Å². The van der Waals surface area contributed by atoms with Gasteiger partial charge in [0.05, 0.1) is 33.0 Å². The zero-order valence-electron chi connectivity index (χ0n) is 26.5. The summed E-state index contributed by atoms with van der Waals surface area (Å²) in [6, 6.07) is 0. The van der Waals surface area contributed by atoms with Crippen molar-refractivity contribution >= 4 is 5.97 Å². The van der Waals surface area contributed by atoms with Crippen LogP contribution in [0.5, 0.6) is 0 Å². The molecule has 0 amide bonds. The molecule has 5 nitrogen and oxygen atoms in total. The Morgan fingerprint density at radius 1 is 0.359 bits per heavy atom. The average molecular weight is 557 g/mol. The lowest BCUT2D eigenvalue weighted by atomic mass is 10.0. The summed E-state index contributed by atoms with van der Waals surface area (Å²) in [6.45, 7) is 8.46. The molecule has 0 aromatic carbocycles. The first-order valence-electron chi connectivity index (χ1n) is 17.2. The normalized spacial score (nSPS) is 11.3. The fourth-order valence-electron chi connectivity index (χ4n) is 4.81. The van der Waals surface area contributed by atoms with E-state index < -0.39 is 0 Å². The van der Waals surface area contributed by atoms with E-state index in [2.05, 4.69) is 13.8 Å². The van der Waals surface area contributed by atoms with E-state index in [1.54, 1.807) is 0 Å². The molecule has 5 heteroatoms. The Hall–Kier alpha value is -0.650. The molecule has 39 heavy (non-hydrogen) atoms. The van der Waals surface area contributed by atoms with Gasteiger partial charge in [-0.25, -0.2) is 0 Å². The minimum Gasteiger partial charge on any atom is -0.463 e. The Bertz CT molecular complexity index is 457. The maximum atomic E-state index is 11.8. The summed E-state index contributed by atoms with van der Waals surface area (Å²) in [5, 5.41) is 0. The van der Waals surface area contributed by atoms with Crippen LogP contribution in [0.15, 0.2) is 0 Å². The van der Waals surface area contributed by atoms with Gasteiger partial charge in [0.2, 0.25) is 0 Å². The van der Waals surface area contributed by atoms with Crippen LogP contribution in [0.4, 0.5) is 0 Å². The van der Waals surface area contributed by atoms with Gasteiger partial charge in [-0.05, 0) is 12.8 Å². The molecule has 0 aromatic rings. The van der Waals surface area contributed by atoms with Gasteiger partial charge in [-0.15, -0.1) is 0 Å². The van der Waals surface area contributed by atoms with Gasteiger partial charge in [-0.3, -0.25) is 4.79 Å². The number of hydrogen-bond donors (Lipinski definition) is 0. The third-order valence-corrected chi connectivity index (χ3v) is 7.36. The van der Waals surface area contributed by atoms with E-state index >= 15 is 0 Å². The zero-order valence-corrected chi connectivity index (χ0v) is 26.5.